The highest BCUT2D eigenvalue weighted by molar-refractivity contribution is 5.69. The molecule has 6 nitrogen and oxygen atoms in total. The lowest BCUT2D eigenvalue weighted by Crippen LogP contribution is -2.36. The number of anilines is 1. The van der Waals surface area contributed by atoms with Crippen molar-refractivity contribution in [3.05, 3.63) is 90.0 Å². The molecule has 1 aliphatic rings. The maximum atomic E-state index is 10.7. The molecular formula is C25H24NO5-. The van der Waals surface area contributed by atoms with Crippen LogP contribution in [0.3, 0.4) is 0 Å². The number of benzene rings is 3. The van der Waals surface area contributed by atoms with Gasteiger partial charge in [-0.25, -0.2) is 0 Å². The Kier molecular flexibility index (Phi) is 6.69. The zero-order chi connectivity index (χ0) is 21.5. The summed E-state index contributed by atoms with van der Waals surface area (Å²) in [6.07, 6.45) is -0.152. The third kappa shape index (κ3) is 5.16. The minimum Gasteiger partial charge on any atom is -0.546 e. The van der Waals surface area contributed by atoms with Gasteiger partial charge in [0.05, 0.1) is 24.8 Å². The molecule has 3 aromatic carbocycles. The number of para-hydroxylation sites is 1. The second-order valence-electron chi connectivity index (χ2n) is 7.17. The van der Waals surface area contributed by atoms with Gasteiger partial charge in [-0.3, -0.25) is 0 Å². The zero-order valence-electron chi connectivity index (χ0n) is 17.1. The molecule has 1 heterocycles. The van der Waals surface area contributed by atoms with Gasteiger partial charge < -0.3 is 29.0 Å². The Labute approximate surface area is 181 Å². The minimum absolute atomic E-state index is 0.152. The number of hydrogen-bond acceptors (Lipinski definition) is 6. The van der Waals surface area contributed by atoms with Crippen molar-refractivity contribution >= 4 is 11.7 Å². The van der Waals surface area contributed by atoms with Crippen LogP contribution in [0, 0.1) is 0 Å². The number of rotatable bonds is 9. The van der Waals surface area contributed by atoms with Crippen molar-refractivity contribution in [3.8, 4) is 11.5 Å². The first-order chi connectivity index (χ1) is 15.2. The first-order valence-corrected chi connectivity index (χ1v) is 10.3. The van der Waals surface area contributed by atoms with Crippen LogP contribution in [0.5, 0.6) is 11.5 Å². The van der Waals surface area contributed by atoms with E-state index in [1.165, 1.54) is 0 Å². The number of carboxylic acid groups (broad SMARTS) is 1. The van der Waals surface area contributed by atoms with Crippen molar-refractivity contribution in [2.75, 3.05) is 37.8 Å². The topological polar surface area (TPSA) is 71.1 Å². The smallest absolute Gasteiger partial charge is 0.184 e. The molecule has 3 aromatic rings. The Balaban J connectivity index is 1.46. The molecular weight excluding hydrogens is 394 g/mol. The van der Waals surface area contributed by atoms with Crippen molar-refractivity contribution in [1.82, 2.24) is 0 Å². The summed E-state index contributed by atoms with van der Waals surface area (Å²) < 4.78 is 17.4. The fraction of sp³-hybridized carbons (Fsp3) is 0.240. The number of aliphatic carboxylic acids is 1. The van der Waals surface area contributed by atoms with Crippen LogP contribution in [0.1, 0.15) is 17.2 Å². The number of nitrogens with zero attached hydrogens (tertiary/aromatic N) is 1. The maximum Gasteiger partial charge on any atom is 0.184 e. The lowest BCUT2D eigenvalue weighted by molar-refractivity contribution is -0.307. The summed E-state index contributed by atoms with van der Waals surface area (Å²) >= 11 is 0. The summed E-state index contributed by atoms with van der Waals surface area (Å²) in [7, 11) is 0. The number of ether oxygens (including phenoxy) is 3. The molecule has 1 aliphatic heterocycles. The molecule has 4 rings (SSSR count). The largest absolute Gasteiger partial charge is 0.546 e. The van der Waals surface area contributed by atoms with Gasteiger partial charge in [0.1, 0.15) is 19.3 Å². The van der Waals surface area contributed by atoms with Gasteiger partial charge in [0.2, 0.25) is 0 Å². The van der Waals surface area contributed by atoms with Crippen LogP contribution in [0.15, 0.2) is 78.9 Å². The van der Waals surface area contributed by atoms with Crippen molar-refractivity contribution in [2.24, 2.45) is 0 Å². The molecule has 0 radical (unpaired) electrons. The summed E-state index contributed by atoms with van der Waals surface area (Å²) in [6.45, 7) is 1.86. The van der Waals surface area contributed by atoms with Crippen LogP contribution in [0.4, 0.5) is 5.69 Å². The Morgan fingerprint density at radius 2 is 1.65 bits per heavy atom. The second-order valence-corrected chi connectivity index (χ2v) is 7.17. The van der Waals surface area contributed by atoms with Crippen LogP contribution in [0.2, 0.25) is 0 Å². The molecule has 0 unspecified atom stereocenters. The zero-order valence-corrected chi connectivity index (χ0v) is 17.1. The van der Waals surface area contributed by atoms with Gasteiger partial charge in [-0.05, 0) is 23.3 Å². The van der Waals surface area contributed by atoms with Crippen LogP contribution < -0.4 is 19.5 Å². The van der Waals surface area contributed by atoms with Crippen LogP contribution in [0.25, 0.3) is 0 Å². The second kappa shape index (κ2) is 10.00. The quantitative estimate of drug-likeness (QED) is 0.532. The Bertz CT molecular complexity index is 954. The molecule has 0 atom stereocenters. The molecule has 0 N–H and O–H groups in total. The molecule has 160 valence electrons. The third-order valence-corrected chi connectivity index (χ3v) is 5.10. The third-order valence-electron chi connectivity index (χ3n) is 5.10. The monoisotopic (exact) mass is 418 g/mol. The molecule has 0 fully saturated rings. The summed E-state index contributed by atoms with van der Waals surface area (Å²) in [5.74, 6) is -0.317. The van der Waals surface area contributed by atoms with E-state index in [4.69, 9.17) is 14.2 Å². The summed E-state index contributed by atoms with van der Waals surface area (Å²) in [4.78, 5) is 12.9. The predicted molar refractivity (Wildman–Crippen MR) is 115 cm³/mol. The van der Waals surface area contributed by atoms with E-state index in [0.29, 0.717) is 37.8 Å². The fourth-order valence-corrected chi connectivity index (χ4v) is 3.68. The molecule has 0 saturated carbocycles. The standard InChI is InChI=1S/C25H25NO5/c27-23(28)18-31-22-13-7-12-21-25(22)30-17-15-26(21)14-16-29-24(19-8-3-1-4-9-19)20-10-5-2-6-11-20/h1-13,24H,14-18H2,(H,27,28)/p-1. The Morgan fingerprint density at radius 1 is 0.968 bits per heavy atom. The van der Waals surface area contributed by atoms with E-state index >= 15 is 0 Å². The summed E-state index contributed by atoms with van der Waals surface area (Å²) in [5.41, 5.74) is 3.07. The van der Waals surface area contributed by atoms with Crippen molar-refractivity contribution in [1.29, 1.82) is 0 Å². The molecule has 0 saturated heterocycles. The van der Waals surface area contributed by atoms with Gasteiger partial charge in [-0.2, -0.15) is 0 Å². The van der Waals surface area contributed by atoms with Crippen molar-refractivity contribution in [2.45, 2.75) is 6.10 Å². The first-order valence-electron chi connectivity index (χ1n) is 10.3. The molecule has 0 aliphatic carbocycles. The van der Waals surface area contributed by atoms with Crippen LogP contribution in [-0.2, 0) is 9.53 Å². The number of carboxylic acids is 1. The number of hydrogen-bond donors (Lipinski definition) is 0. The molecule has 0 bridgehead atoms. The molecule has 0 spiro atoms. The van der Waals surface area contributed by atoms with E-state index in [1.807, 2.05) is 48.5 Å². The van der Waals surface area contributed by atoms with E-state index in [0.717, 1.165) is 16.8 Å². The van der Waals surface area contributed by atoms with Gasteiger partial charge >= 0.3 is 0 Å². The van der Waals surface area contributed by atoms with E-state index in [9.17, 15) is 9.90 Å². The average molecular weight is 418 g/mol. The van der Waals surface area contributed by atoms with Crippen LogP contribution in [-0.4, -0.2) is 38.9 Å². The number of carbonyl (C=O) groups excluding carboxylic acids is 1. The fourth-order valence-electron chi connectivity index (χ4n) is 3.68. The first kappa shape index (κ1) is 20.8. The van der Waals surface area contributed by atoms with E-state index in [1.54, 1.807) is 6.07 Å². The van der Waals surface area contributed by atoms with Gasteiger partial charge in [0, 0.05) is 6.54 Å². The average Bonchev–Trinajstić information content (AvgIpc) is 2.81. The van der Waals surface area contributed by atoms with E-state index in [-0.39, 0.29) is 6.10 Å². The minimum atomic E-state index is -1.27. The van der Waals surface area contributed by atoms with Gasteiger partial charge in [0.15, 0.2) is 11.5 Å². The molecule has 31 heavy (non-hydrogen) atoms. The highest BCUT2D eigenvalue weighted by atomic mass is 16.5. The molecule has 6 heteroatoms. The van der Waals surface area contributed by atoms with Gasteiger partial charge in [0.25, 0.3) is 0 Å². The van der Waals surface area contributed by atoms with E-state index < -0.39 is 12.6 Å². The highest BCUT2D eigenvalue weighted by Gasteiger charge is 2.22. The molecule has 0 aromatic heterocycles. The Morgan fingerprint density at radius 3 is 2.29 bits per heavy atom. The lowest BCUT2D eigenvalue weighted by Gasteiger charge is -2.32. The number of carbonyl (C=O) groups is 1. The normalized spacial score (nSPS) is 12.9. The van der Waals surface area contributed by atoms with Crippen molar-refractivity contribution < 1.29 is 24.1 Å². The van der Waals surface area contributed by atoms with Gasteiger partial charge in [-0.15, -0.1) is 0 Å². The summed E-state index contributed by atoms with van der Waals surface area (Å²) in [6, 6.07) is 25.8. The van der Waals surface area contributed by atoms with E-state index in [2.05, 4.69) is 29.2 Å². The predicted octanol–water partition coefficient (Wildman–Crippen LogP) is 2.82. The summed E-state index contributed by atoms with van der Waals surface area (Å²) in [5, 5.41) is 10.7. The highest BCUT2D eigenvalue weighted by Crippen LogP contribution is 2.39. The van der Waals surface area contributed by atoms with Crippen molar-refractivity contribution in [3.63, 3.8) is 0 Å². The lowest BCUT2D eigenvalue weighted by atomic mass is 10.0. The maximum absolute atomic E-state index is 10.7. The number of fused-ring (bicyclic) bond motifs is 1. The Hall–Kier alpha value is -3.51. The van der Waals surface area contributed by atoms with Crippen LogP contribution >= 0.6 is 0 Å². The molecule has 0 amide bonds. The van der Waals surface area contributed by atoms with Gasteiger partial charge in [-0.1, -0.05) is 66.7 Å². The SMILES string of the molecule is O=C([O-])COc1cccc2c1OCCN2CCOC(c1ccccc1)c1ccccc1.